The summed E-state index contributed by atoms with van der Waals surface area (Å²) in [5, 5.41) is 12.4. The Labute approximate surface area is 251 Å². The van der Waals surface area contributed by atoms with Gasteiger partial charge >= 0.3 is 5.97 Å². The van der Waals surface area contributed by atoms with Gasteiger partial charge in [-0.1, -0.05) is 72.8 Å². The van der Waals surface area contributed by atoms with Crippen molar-refractivity contribution in [2.24, 2.45) is 0 Å². The monoisotopic (exact) mass is 580 g/mol. The number of nitrogens with zero attached hydrogens (tertiary/aromatic N) is 1. The van der Waals surface area contributed by atoms with E-state index in [0.717, 1.165) is 16.9 Å². The second kappa shape index (κ2) is 15.2. The van der Waals surface area contributed by atoms with Crippen molar-refractivity contribution < 1.29 is 29.0 Å². The van der Waals surface area contributed by atoms with E-state index in [9.17, 15) is 19.5 Å². The number of hydrogen-bond donors (Lipinski definition) is 2. The van der Waals surface area contributed by atoms with Crippen molar-refractivity contribution in [3.05, 3.63) is 119 Å². The molecular formula is C35H36N2O6. The van der Waals surface area contributed by atoms with Crippen LogP contribution in [0.15, 0.2) is 97.1 Å². The molecule has 0 spiro atoms. The number of rotatable bonds is 14. The molecule has 0 aliphatic rings. The number of carbonyl (C=O) groups is 3. The predicted molar refractivity (Wildman–Crippen MR) is 166 cm³/mol. The fourth-order valence-electron chi connectivity index (χ4n) is 4.92. The minimum absolute atomic E-state index is 0.0420. The highest BCUT2D eigenvalue weighted by Crippen LogP contribution is 2.29. The van der Waals surface area contributed by atoms with E-state index in [1.165, 1.54) is 0 Å². The average molecular weight is 581 g/mol. The number of ether oxygens (including phenoxy) is 2. The minimum Gasteiger partial charge on any atom is -0.496 e. The average Bonchev–Trinajstić information content (AvgIpc) is 3.04. The van der Waals surface area contributed by atoms with Crippen LogP contribution in [-0.4, -0.2) is 54.6 Å². The smallest absolute Gasteiger partial charge is 0.305 e. The molecule has 4 aromatic rings. The van der Waals surface area contributed by atoms with Crippen LogP contribution < -0.4 is 14.8 Å². The summed E-state index contributed by atoms with van der Waals surface area (Å²) in [6, 6.07) is 29.3. The van der Waals surface area contributed by atoms with Crippen LogP contribution >= 0.6 is 0 Å². The Morgan fingerprint density at radius 3 is 2.00 bits per heavy atom. The molecule has 222 valence electrons. The topological polar surface area (TPSA) is 105 Å². The second-order valence-electron chi connectivity index (χ2n) is 9.81. The van der Waals surface area contributed by atoms with Gasteiger partial charge in [-0.25, -0.2) is 0 Å². The number of para-hydroxylation sites is 2. The summed E-state index contributed by atoms with van der Waals surface area (Å²) in [5.74, 6) is -0.173. The molecule has 0 saturated carbocycles. The minimum atomic E-state index is -0.988. The Hall–Kier alpha value is -5.11. The predicted octanol–water partition coefficient (Wildman–Crippen LogP) is 5.85. The number of aliphatic carboxylic acids is 1. The van der Waals surface area contributed by atoms with Gasteiger partial charge in [0, 0.05) is 36.3 Å². The number of nitrogens with one attached hydrogen (secondary N) is 1. The maximum Gasteiger partial charge on any atom is 0.305 e. The molecule has 0 atom stereocenters. The fourth-order valence-corrected chi connectivity index (χ4v) is 4.92. The van der Waals surface area contributed by atoms with E-state index in [-0.39, 0.29) is 31.3 Å². The Bertz CT molecular complexity index is 1570. The maximum absolute atomic E-state index is 14.0. The zero-order valence-electron chi connectivity index (χ0n) is 24.4. The molecule has 0 saturated heterocycles. The largest absolute Gasteiger partial charge is 0.496 e. The van der Waals surface area contributed by atoms with E-state index >= 15 is 0 Å². The van der Waals surface area contributed by atoms with Crippen molar-refractivity contribution in [1.82, 2.24) is 10.2 Å². The van der Waals surface area contributed by atoms with Gasteiger partial charge in [-0.15, -0.1) is 0 Å². The van der Waals surface area contributed by atoms with Gasteiger partial charge in [-0.05, 0) is 54.3 Å². The lowest BCUT2D eigenvalue weighted by atomic mass is 9.94. The highest BCUT2D eigenvalue weighted by molar-refractivity contribution is 6.06. The number of hydrogen-bond acceptors (Lipinski definition) is 5. The molecule has 0 aliphatic carbocycles. The molecular weight excluding hydrogens is 544 g/mol. The molecule has 4 aromatic carbocycles. The molecule has 0 heterocycles. The van der Waals surface area contributed by atoms with Crippen LogP contribution in [0.5, 0.6) is 11.5 Å². The number of benzene rings is 4. The van der Waals surface area contributed by atoms with Gasteiger partial charge in [0.1, 0.15) is 11.5 Å². The van der Waals surface area contributed by atoms with Crippen molar-refractivity contribution in [1.29, 1.82) is 0 Å². The quantitative estimate of drug-likeness (QED) is 0.194. The van der Waals surface area contributed by atoms with Crippen LogP contribution in [0.3, 0.4) is 0 Å². The van der Waals surface area contributed by atoms with E-state index in [4.69, 9.17) is 9.47 Å². The lowest BCUT2D eigenvalue weighted by Crippen LogP contribution is -2.35. The van der Waals surface area contributed by atoms with Crippen molar-refractivity contribution in [3.63, 3.8) is 0 Å². The van der Waals surface area contributed by atoms with E-state index in [1.807, 2.05) is 73.7 Å². The van der Waals surface area contributed by atoms with E-state index in [0.29, 0.717) is 47.6 Å². The first-order valence-corrected chi connectivity index (χ1v) is 14.2. The summed E-state index contributed by atoms with van der Waals surface area (Å²) in [6.07, 6.45) is 0.300. The first-order valence-electron chi connectivity index (χ1n) is 14.2. The van der Waals surface area contributed by atoms with Crippen LogP contribution in [0.2, 0.25) is 0 Å². The standard InChI is InChI=1S/C35H36N2O6/c1-3-43-32-19-11-4-12-25(32)20-22-37(23-21-33(38)39)35(41)30-17-9-7-15-28(30)27-14-6-8-16-29(27)34(40)36-24-26-13-5-10-18-31(26)42-2/h4-19H,3,20-24H2,1-2H3,(H,36,40)(H,38,39). The summed E-state index contributed by atoms with van der Waals surface area (Å²) in [7, 11) is 1.58. The maximum atomic E-state index is 14.0. The van der Waals surface area contributed by atoms with Crippen LogP contribution in [-0.2, 0) is 17.8 Å². The number of amides is 2. The third-order valence-corrected chi connectivity index (χ3v) is 7.06. The van der Waals surface area contributed by atoms with Gasteiger partial charge in [0.15, 0.2) is 0 Å². The van der Waals surface area contributed by atoms with Gasteiger partial charge in [-0.2, -0.15) is 0 Å². The van der Waals surface area contributed by atoms with E-state index in [1.54, 1.807) is 42.3 Å². The molecule has 0 aromatic heterocycles. The summed E-state index contributed by atoms with van der Waals surface area (Å²) >= 11 is 0. The number of methoxy groups -OCH3 is 1. The number of carboxylic acids is 1. The van der Waals surface area contributed by atoms with Crippen LogP contribution in [0.4, 0.5) is 0 Å². The normalized spacial score (nSPS) is 10.6. The van der Waals surface area contributed by atoms with Gasteiger partial charge in [0.2, 0.25) is 0 Å². The molecule has 0 unspecified atom stereocenters. The molecule has 0 fully saturated rings. The highest BCUT2D eigenvalue weighted by Gasteiger charge is 2.23. The Morgan fingerprint density at radius 2 is 1.33 bits per heavy atom. The fraction of sp³-hybridized carbons (Fsp3) is 0.229. The van der Waals surface area contributed by atoms with Crippen molar-refractivity contribution in [3.8, 4) is 22.6 Å². The zero-order valence-corrected chi connectivity index (χ0v) is 24.4. The highest BCUT2D eigenvalue weighted by atomic mass is 16.5. The van der Waals surface area contributed by atoms with Crippen LogP contribution in [0.25, 0.3) is 11.1 Å². The molecule has 2 N–H and O–H groups in total. The molecule has 0 bridgehead atoms. The molecule has 0 aliphatic heterocycles. The second-order valence-corrected chi connectivity index (χ2v) is 9.81. The van der Waals surface area contributed by atoms with Crippen molar-refractivity contribution >= 4 is 17.8 Å². The molecule has 4 rings (SSSR count). The Balaban J connectivity index is 1.61. The van der Waals surface area contributed by atoms with E-state index in [2.05, 4.69) is 5.32 Å². The zero-order chi connectivity index (χ0) is 30.6. The van der Waals surface area contributed by atoms with Gasteiger partial charge in [0.05, 0.1) is 20.1 Å². The summed E-state index contributed by atoms with van der Waals surface area (Å²) in [6.45, 7) is 3.03. The van der Waals surface area contributed by atoms with E-state index < -0.39 is 5.97 Å². The molecule has 43 heavy (non-hydrogen) atoms. The number of carboxylic acid groups (broad SMARTS) is 1. The molecule has 2 amide bonds. The SMILES string of the molecule is CCOc1ccccc1CCN(CCC(=O)O)C(=O)c1ccccc1-c1ccccc1C(=O)NCc1ccccc1OC. The van der Waals surface area contributed by atoms with Crippen LogP contribution in [0, 0.1) is 0 Å². The lowest BCUT2D eigenvalue weighted by molar-refractivity contribution is -0.137. The van der Waals surface area contributed by atoms with Crippen molar-refractivity contribution in [2.75, 3.05) is 26.8 Å². The molecule has 8 nitrogen and oxygen atoms in total. The lowest BCUT2D eigenvalue weighted by Gasteiger charge is -2.24. The molecule has 0 radical (unpaired) electrons. The Kier molecular flexibility index (Phi) is 10.9. The third kappa shape index (κ3) is 8.01. The van der Waals surface area contributed by atoms with Gasteiger partial charge < -0.3 is 24.8 Å². The first kappa shape index (κ1) is 30.8. The van der Waals surface area contributed by atoms with Gasteiger partial charge in [0.25, 0.3) is 11.8 Å². The summed E-state index contributed by atoms with van der Waals surface area (Å²) < 4.78 is 11.1. The number of carbonyl (C=O) groups excluding carboxylic acids is 2. The van der Waals surface area contributed by atoms with Gasteiger partial charge in [-0.3, -0.25) is 14.4 Å². The van der Waals surface area contributed by atoms with Crippen molar-refractivity contribution in [2.45, 2.75) is 26.3 Å². The Morgan fingerprint density at radius 1 is 0.744 bits per heavy atom. The first-order chi connectivity index (χ1) is 20.9. The van der Waals surface area contributed by atoms with Crippen LogP contribution in [0.1, 0.15) is 45.2 Å². The molecule has 8 heteroatoms. The third-order valence-electron chi connectivity index (χ3n) is 7.06. The summed E-state index contributed by atoms with van der Waals surface area (Å²) in [4.78, 5) is 40.5. The summed E-state index contributed by atoms with van der Waals surface area (Å²) in [5.41, 5.74) is 3.76.